The fourth-order valence-corrected chi connectivity index (χ4v) is 3.71. The number of piperidine rings is 1. The van der Waals surface area contributed by atoms with E-state index < -0.39 is 11.7 Å². The second kappa shape index (κ2) is 7.34. The van der Waals surface area contributed by atoms with Crippen LogP contribution in [0, 0.1) is 0 Å². The highest BCUT2D eigenvalue weighted by Gasteiger charge is 2.27. The Hall–Kier alpha value is -3.35. The van der Waals surface area contributed by atoms with Crippen LogP contribution in [0.2, 0.25) is 0 Å². The van der Waals surface area contributed by atoms with Gasteiger partial charge in [-0.3, -0.25) is 9.36 Å². The maximum atomic E-state index is 12.6. The molecule has 0 spiro atoms. The molecule has 0 N–H and O–H groups in total. The molecule has 7 nitrogen and oxygen atoms in total. The van der Waals surface area contributed by atoms with Crippen molar-refractivity contribution in [1.82, 2.24) is 9.47 Å². The third kappa shape index (κ3) is 3.19. The zero-order chi connectivity index (χ0) is 19.7. The molecule has 1 saturated heterocycles. The van der Waals surface area contributed by atoms with Gasteiger partial charge in [0.05, 0.1) is 18.2 Å². The Bertz CT molecular complexity index is 1080. The van der Waals surface area contributed by atoms with E-state index in [0.717, 1.165) is 0 Å². The number of ether oxygens (including phenoxy) is 1. The van der Waals surface area contributed by atoms with E-state index in [1.54, 1.807) is 39.8 Å². The molecular formula is C21H20N2O5. The molecule has 0 unspecified atom stereocenters. The van der Waals surface area contributed by atoms with Gasteiger partial charge in [0, 0.05) is 24.7 Å². The van der Waals surface area contributed by atoms with E-state index in [9.17, 15) is 14.4 Å². The van der Waals surface area contributed by atoms with Gasteiger partial charge in [-0.25, -0.2) is 9.59 Å². The van der Waals surface area contributed by atoms with Crippen molar-refractivity contribution in [3.8, 4) is 0 Å². The Morgan fingerprint density at radius 1 is 1.04 bits per heavy atom. The molecule has 1 aromatic heterocycles. The van der Waals surface area contributed by atoms with E-state index in [1.165, 1.54) is 7.11 Å². The number of nitrogens with zero attached hydrogens (tertiary/aromatic N) is 2. The minimum atomic E-state index is -0.467. The van der Waals surface area contributed by atoms with Crippen LogP contribution in [0.4, 0.5) is 0 Å². The van der Waals surface area contributed by atoms with Crippen LogP contribution in [-0.4, -0.2) is 41.5 Å². The number of esters is 1. The fourth-order valence-electron chi connectivity index (χ4n) is 3.71. The molecule has 0 atom stereocenters. The molecule has 1 aliphatic rings. The standard InChI is InChI=1S/C21H20N2O5/c1-27-20(25)15-7-8-18-17(13-15)23(21(26)28-18)16-9-11-22(12-10-16)19(24)14-5-3-2-4-6-14/h2-8,13,16H,9-12H2,1H3. The van der Waals surface area contributed by atoms with Gasteiger partial charge in [-0.05, 0) is 43.2 Å². The van der Waals surface area contributed by atoms with Crippen LogP contribution < -0.4 is 5.76 Å². The van der Waals surface area contributed by atoms with Gasteiger partial charge in [0.25, 0.3) is 5.91 Å². The first kappa shape index (κ1) is 18.0. The number of carbonyl (C=O) groups excluding carboxylic acids is 2. The monoisotopic (exact) mass is 380 g/mol. The second-order valence-corrected chi connectivity index (χ2v) is 6.80. The molecule has 0 aliphatic carbocycles. The highest BCUT2D eigenvalue weighted by molar-refractivity contribution is 5.94. The Kier molecular flexibility index (Phi) is 4.73. The van der Waals surface area contributed by atoms with Crippen LogP contribution in [0.3, 0.4) is 0 Å². The van der Waals surface area contributed by atoms with Crippen LogP contribution in [0.15, 0.2) is 57.7 Å². The van der Waals surface area contributed by atoms with Crippen molar-refractivity contribution < 1.29 is 18.7 Å². The summed E-state index contributed by atoms with van der Waals surface area (Å²) in [5.74, 6) is -0.924. The number of likely N-dealkylation sites (tertiary alicyclic amines) is 1. The summed E-state index contributed by atoms with van der Waals surface area (Å²) in [5.41, 5.74) is 2.03. The lowest BCUT2D eigenvalue weighted by atomic mass is 10.0. The minimum Gasteiger partial charge on any atom is -0.465 e. The van der Waals surface area contributed by atoms with E-state index in [0.29, 0.717) is 48.2 Å². The smallest absolute Gasteiger partial charge is 0.420 e. The number of aromatic nitrogens is 1. The van der Waals surface area contributed by atoms with Gasteiger partial charge in [-0.1, -0.05) is 18.2 Å². The number of carbonyl (C=O) groups is 2. The summed E-state index contributed by atoms with van der Waals surface area (Å²) < 4.78 is 11.7. The first-order valence-electron chi connectivity index (χ1n) is 9.16. The molecule has 1 fully saturated rings. The number of amides is 1. The normalized spacial score (nSPS) is 15.0. The quantitative estimate of drug-likeness (QED) is 0.653. The molecule has 4 rings (SSSR count). The van der Waals surface area contributed by atoms with E-state index in [1.807, 2.05) is 18.2 Å². The number of rotatable bonds is 3. The van der Waals surface area contributed by atoms with Gasteiger partial charge in [-0.2, -0.15) is 0 Å². The molecule has 7 heteroatoms. The molecule has 1 amide bonds. The van der Waals surface area contributed by atoms with Crippen molar-refractivity contribution >= 4 is 23.0 Å². The molecule has 28 heavy (non-hydrogen) atoms. The lowest BCUT2D eigenvalue weighted by Gasteiger charge is -2.32. The largest absolute Gasteiger partial charge is 0.465 e. The van der Waals surface area contributed by atoms with E-state index in [-0.39, 0.29) is 11.9 Å². The van der Waals surface area contributed by atoms with Gasteiger partial charge in [0.15, 0.2) is 5.58 Å². The number of oxazole rings is 1. The third-order valence-corrected chi connectivity index (χ3v) is 5.17. The van der Waals surface area contributed by atoms with Gasteiger partial charge < -0.3 is 14.1 Å². The molecule has 0 bridgehead atoms. The van der Waals surface area contributed by atoms with Crippen molar-refractivity contribution in [2.24, 2.45) is 0 Å². The molecule has 2 heterocycles. The van der Waals surface area contributed by atoms with Crippen LogP contribution in [0.5, 0.6) is 0 Å². The zero-order valence-electron chi connectivity index (χ0n) is 15.5. The average molecular weight is 380 g/mol. The Morgan fingerprint density at radius 2 is 1.75 bits per heavy atom. The van der Waals surface area contributed by atoms with Gasteiger partial charge in [0.1, 0.15) is 0 Å². The average Bonchev–Trinajstić information content (AvgIpc) is 3.08. The van der Waals surface area contributed by atoms with Crippen molar-refractivity contribution in [2.45, 2.75) is 18.9 Å². The summed E-state index contributed by atoms with van der Waals surface area (Å²) in [6, 6.07) is 13.9. The van der Waals surface area contributed by atoms with E-state index in [2.05, 4.69) is 0 Å². The maximum absolute atomic E-state index is 12.6. The Balaban J connectivity index is 1.57. The second-order valence-electron chi connectivity index (χ2n) is 6.80. The lowest BCUT2D eigenvalue weighted by molar-refractivity contribution is 0.0600. The Labute approximate surface area is 161 Å². The minimum absolute atomic E-state index is 0.00331. The summed E-state index contributed by atoms with van der Waals surface area (Å²) in [5, 5.41) is 0. The van der Waals surface area contributed by atoms with Crippen LogP contribution in [0.1, 0.15) is 39.6 Å². The fraction of sp³-hybridized carbons (Fsp3) is 0.286. The molecular weight excluding hydrogens is 360 g/mol. The number of hydrogen-bond acceptors (Lipinski definition) is 5. The summed E-state index contributed by atoms with van der Waals surface area (Å²) in [6.07, 6.45) is 1.27. The topological polar surface area (TPSA) is 81.8 Å². The zero-order valence-corrected chi connectivity index (χ0v) is 15.5. The number of benzene rings is 2. The number of hydrogen-bond donors (Lipinski definition) is 0. The van der Waals surface area contributed by atoms with Crippen LogP contribution >= 0.6 is 0 Å². The van der Waals surface area contributed by atoms with Crippen LogP contribution in [-0.2, 0) is 4.74 Å². The molecule has 3 aromatic rings. The van der Waals surface area contributed by atoms with Crippen molar-refractivity contribution in [1.29, 1.82) is 0 Å². The van der Waals surface area contributed by atoms with E-state index in [4.69, 9.17) is 9.15 Å². The predicted octanol–water partition coefficient (Wildman–Crippen LogP) is 2.86. The SMILES string of the molecule is COC(=O)c1ccc2oc(=O)n(C3CCN(C(=O)c4ccccc4)CC3)c2c1. The van der Waals surface area contributed by atoms with Crippen LogP contribution in [0.25, 0.3) is 11.1 Å². The summed E-state index contributed by atoms with van der Waals surface area (Å²) in [6.45, 7) is 1.10. The lowest BCUT2D eigenvalue weighted by Crippen LogP contribution is -2.40. The van der Waals surface area contributed by atoms with Crippen molar-refractivity contribution in [3.63, 3.8) is 0 Å². The summed E-state index contributed by atoms with van der Waals surface area (Å²) in [4.78, 5) is 38.7. The molecule has 0 radical (unpaired) electrons. The highest BCUT2D eigenvalue weighted by Crippen LogP contribution is 2.27. The van der Waals surface area contributed by atoms with E-state index >= 15 is 0 Å². The maximum Gasteiger partial charge on any atom is 0.420 e. The summed E-state index contributed by atoms with van der Waals surface area (Å²) >= 11 is 0. The van der Waals surface area contributed by atoms with Crippen molar-refractivity contribution in [3.05, 3.63) is 70.2 Å². The molecule has 0 saturated carbocycles. The molecule has 144 valence electrons. The first-order chi connectivity index (χ1) is 13.6. The first-order valence-corrected chi connectivity index (χ1v) is 9.16. The van der Waals surface area contributed by atoms with Crippen molar-refractivity contribution in [2.75, 3.05) is 20.2 Å². The summed E-state index contributed by atoms with van der Waals surface area (Å²) in [7, 11) is 1.31. The highest BCUT2D eigenvalue weighted by atomic mass is 16.5. The molecule has 1 aliphatic heterocycles. The number of methoxy groups -OCH3 is 1. The Morgan fingerprint density at radius 3 is 2.43 bits per heavy atom. The van der Waals surface area contributed by atoms with Gasteiger partial charge >= 0.3 is 11.7 Å². The predicted molar refractivity (Wildman–Crippen MR) is 102 cm³/mol. The molecule has 2 aromatic carbocycles. The number of fused-ring (bicyclic) bond motifs is 1. The van der Waals surface area contributed by atoms with Gasteiger partial charge in [0.2, 0.25) is 0 Å². The van der Waals surface area contributed by atoms with Gasteiger partial charge in [-0.15, -0.1) is 0 Å². The third-order valence-electron chi connectivity index (χ3n) is 5.17.